The van der Waals surface area contributed by atoms with Crippen LogP contribution in [0.15, 0.2) is 71.6 Å². The third kappa shape index (κ3) is 3.65. The lowest BCUT2D eigenvalue weighted by Crippen LogP contribution is -2.13. The zero-order valence-corrected chi connectivity index (χ0v) is 12.6. The van der Waals surface area contributed by atoms with Gasteiger partial charge in [0.15, 0.2) is 0 Å². The van der Waals surface area contributed by atoms with Crippen molar-refractivity contribution in [3.63, 3.8) is 0 Å². The van der Waals surface area contributed by atoms with Gasteiger partial charge in [-0.1, -0.05) is 30.3 Å². The second-order valence-corrected chi connectivity index (χ2v) is 5.90. The maximum Gasteiger partial charge on any atom is 0.234 e. The van der Waals surface area contributed by atoms with E-state index in [2.05, 4.69) is 5.32 Å². The standard InChI is InChI=1S/C18H14FNOS/c19-15-6-9-17(10-7-15)22-12-18(21)20-16-8-5-13-3-1-2-4-14(13)11-16/h1-11H,12H2,(H,20,21). The zero-order chi connectivity index (χ0) is 15.4. The number of amides is 1. The van der Waals surface area contributed by atoms with Crippen molar-refractivity contribution in [2.45, 2.75) is 4.90 Å². The predicted molar refractivity (Wildman–Crippen MR) is 89.7 cm³/mol. The van der Waals surface area contributed by atoms with E-state index in [4.69, 9.17) is 0 Å². The highest BCUT2D eigenvalue weighted by molar-refractivity contribution is 8.00. The normalized spacial score (nSPS) is 10.6. The minimum atomic E-state index is -0.273. The van der Waals surface area contributed by atoms with Gasteiger partial charge in [0.05, 0.1) is 5.75 Å². The molecule has 0 bridgehead atoms. The fraction of sp³-hybridized carbons (Fsp3) is 0.0556. The maximum absolute atomic E-state index is 12.8. The van der Waals surface area contributed by atoms with Gasteiger partial charge in [-0.15, -0.1) is 11.8 Å². The molecular formula is C18H14FNOS. The Hall–Kier alpha value is -2.33. The Labute approximate surface area is 132 Å². The van der Waals surface area contributed by atoms with E-state index in [1.54, 1.807) is 12.1 Å². The molecule has 0 saturated heterocycles. The number of carbonyl (C=O) groups excluding carboxylic acids is 1. The molecule has 2 nitrogen and oxygen atoms in total. The molecule has 3 aromatic carbocycles. The molecule has 0 aliphatic heterocycles. The molecule has 0 saturated carbocycles. The smallest absolute Gasteiger partial charge is 0.234 e. The molecule has 0 heterocycles. The van der Waals surface area contributed by atoms with Crippen molar-refractivity contribution in [3.8, 4) is 0 Å². The molecule has 0 atom stereocenters. The summed E-state index contributed by atoms with van der Waals surface area (Å²) in [5.41, 5.74) is 0.781. The molecule has 110 valence electrons. The number of benzene rings is 3. The van der Waals surface area contributed by atoms with Gasteiger partial charge in [-0.25, -0.2) is 4.39 Å². The van der Waals surface area contributed by atoms with Gasteiger partial charge in [0.25, 0.3) is 0 Å². The quantitative estimate of drug-likeness (QED) is 0.707. The van der Waals surface area contributed by atoms with Gasteiger partial charge >= 0.3 is 0 Å². The number of halogens is 1. The minimum Gasteiger partial charge on any atom is -0.325 e. The molecule has 4 heteroatoms. The molecule has 0 unspecified atom stereocenters. The average molecular weight is 311 g/mol. The molecule has 0 spiro atoms. The van der Waals surface area contributed by atoms with Crippen LogP contribution in [-0.2, 0) is 4.79 Å². The van der Waals surface area contributed by atoms with E-state index in [1.807, 2.05) is 42.5 Å². The van der Waals surface area contributed by atoms with Crippen molar-refractivity contribution in [2.24, 2.45) is 0 Å². The lowest BCUT2D eigenvalue weighted by atomic mass is 10.1. The van der Waals surface area contributed by atoms with Crippen LogP contribution < -0.4 is 5.32 Å². The highest BCUT2D eigenvalue weighted by atomic mass is 32.2. The van der Waals surface area contributed by atoms with Crippen LogP contribution in [0.3, 0.4) is 0 Å². The Balaban J connectivity index is 1.61. The van der Waals surface area contributed by atoms with Crippen molar-refractivity contribution in [2.75, 3.05) is 11.1 Å². The van der Waals surface area contributed by atoms with E-state index < -0.39 is 0 Å². The van der Waals surface area contributed by atoms with E-state index in [0.717, 1.165) is 21.4 Å². The number of anilines is 1. The lowest BCUT2D eigenvalue weighted by molar-refractivity contribution is -0.113. The topological polar surface area (TPSA) is 29.1 Å². The highest BCUT2D eigenvalue weighted by Gasteiger charge is 2.04. The molecule has 3 rings (SSSR count). The highest BCUT2D eigenvalue weighted by Crippen LogP contribution is 2.21. The molecule has 22 heavy (non-hydrogen) atoms. The first-order chi connectivity index (χ1) is 10.7. The van der Waals surface area contributed by atoms with Crippen LogP contribution in [0.2, 0.25) is 0 Å². The Morgan fingerprint density at radius 1 is 0.955 bits per heavy atom. The van der Waals surface area contributed by atoms with E-state index in [1.165, 1.54) is 23.9 Å². The number of hydrogen-bond donors (Lipinski definition) is 1. The summed E-state index contributed by atoms with van der Waals surface area (Å²) in [5.74, 6) is -0.0621. The van der Waals surface area contributed by atoms with E-state index in [-0.39, 0.29) is 11.7 Å². The summed E-state index contributed by atoms with van der Waals surface area (Å²) in [6.45, 7) is 0. The van der Waals surface area contributed by atoms with Crippen molar-refractivity contribution in [1.82, 2.24) is 0 Å². The molecule has 1 N–H and O–H groups in total. The number of fused-ring (bicyclic) bond motifs is 1. The summed E-state index contributed by atoms with van der Waals surface area (Å²) in [6.07, 6.45) is 0. The van der Waals surface area contributed by atoms with Gasteiger partial charge < -0.3 is 5.32 Å². The van der Waals surface area contributed by atoms with Crippen LogP contribution in [0.1, 0.15) is 0 Å². The number of hydrogen-bond acceptors (Lipinski definition) is 2. The molecule has 0 radical (unpaired) electrons. The molecule has 0 aliphatic carbocycles. The van der Waals surface area contributed by atoms with Crippen molar-refractivity contribution < 1.29 is 9.18 Å². The van der Waals surface area contributed by atoms with Crippen LogP contribution in [-0.4, -0.2) is 11.7 Å². The van der Waals surface area contributed by atoms with Gasteiger partial charge in [0.1, 0.15) is 5.82 Å². The SMILES string of the molecule is O=C(CSc1ccc(F)cc1)Nc1ccc2ccccc2c1. The predicted octanol–water partition coefficient (Wildman–Crippen LogP) is 4.71. The molecule has 1 amide bonds. The van der Waals surface area contributed by atoms with Crippen molar-refractivity contribution in [1.29, 1.82) is 0 Å². The largest absolute Gasteiger partial charge is 0.325 e. The van der Waals surface area contributed by atoms with Gasteiger partial charge in [0.2, 0.25) is 5.91 Å². The zero-order valence-electron chi connectivity index (χ0n) is 11.8. The number of nitrogens with one attached hydrogen (secondary N) is 1. The summed E-state index contributed by atoms with van der Waals surface area (Å²) in [6, 6.07) is 20.0. The second-order valence-electron chi connectivity index (χ2n) is 4.85. The first kappa shape index (κ1) is 14.6. The summed E-state index contributed by atoms with van der Waals surface area (Å²) in [5, 5.41) is 5.11. The Morgan fingerprint density at radius 2 is 1.68 bits per heavy atom. The monoisotopic (exact) mass is 311 g/mol. The van der Waals surface area contributed by atoms with E-state index in [9.17, 15) is 9.18 Å². The van der Waals surface area contributed by atoms with Gasteiger partial charge in [-0.05, 0) is 47.2 Å². The Kier molecular flexibility index (Phi) is 4.39. The van der Waals surface area contributed by atoms with Crippen LogP contribution >= 0.6 is 11.8 Å². The van der Waals surface area contributed by atoms with Gasteiger partial charge in [-0.3, -0.25) is 4.79 Å². The van der Waals surface area contributed by atoms with Gasteiger partial charge in [0, 0.05) is 10.6 Å². The number of rotatable bonds is 4. The maximum atomic E-state index is 12.8. The van der Waals surface area contributed by atoms with Crippen LogP contribution in [0.25, 0.3) is 10.8 Å². The average Bonchev–Trinajstić information content (AvgIpc) is 2.54. The molecule has 0 fully saturated rings. The third-order valence-corrected chi connectivity index (χ3v) is 4.23. The summed E-state index contributed by atoms with van der Waals surface area (Å²) >= 11 is 1.38. The summed E-state index contributed by atoms with van der Waals surface area (Å²) in [4.78, 5) is 12.9. The Bertz CT molecular complexity index is 802. The van der Waals surface area contributed by atoms with E-state index >= 15 is 0 Å². The third-order valence-electron chi connectivity index (χ3n) is 3.22. The Morgan fingerprint density at radius 3 is 2.45 bits per heavy atom. The second kappa shape index (κ2) is 6.62. The molecule has 3 aromatic rings. The van der Waals surface area contributed by atoms with Crippen LogP contribution in [0.5, 0.6) is 0 Å². The van der Waals surface area contributed by atoms with E-state index in [0.29, 0.717) is 5.75 Å². The fourth-order valence-electron chi connectivity index (χ4n) is 2.14. The molecular weight excluding hydrogens is 297 g/mol. The van der Waals surface area contributed by atoms with Crippen LogP contribution in [0, 0.1) is 5.82 Å². The first-order valence-corrected chi connectivity index (χ1v) is 7.86. The molecule has 0 aliphatic rings. The fourth-order valence-corrected chi connectivity index (χ4v) is 2.84. The number of thioether (sulfide) groups is 1. The van der Waals surface area contributed by atoms with Gasteiger partial charge in [-0.2, -0.15) is 0 Å². The summed E-state index contributed by atoms with van der Waals surface area (Å²) < 4.78 is 12.8. The van der Waals surface area contributed by atoms with Crippen molar-refractivity contribution >= 4 is 34.1 Å². The number of carbonyl (C=O) groups is 1. The van der Waals surface area contributed by atoms with Crippen molar-refractivity contribution in [3.05, 3.63) is 72.5 Å². The first-order valence-electron chi connectivity index (χ1n) is 6.88. The van der Waals surface area contributed by atoms with Crippen LogP contribution in [0.4, 0.5) is 10.1 Å². The summed E-state index contributed by atoms with van der Waals surface area (Å²) in [7, 11) is 0. The minimum absolute atomic E-state index is 0.0791. The lowest BCUT2D eigenvalue weighted by Gasteiger charge is -2.06. The molecule has 0 aromatic heterocycles.